The molecule has 0 atom stereocenters. The summed E-state index contributed by atoms with van der Waals surface area (Å²) in [5.74, 6) is -0.384. The van der Waals surface area contributed by atoms with Crippen LogP contribution in [-0.4, -0.2) is 40.0 Å². The zero-order valence-electron chi connectivity index (χ0n) is 13.6. The summed E-state index contributed by atoms with van der Waals surface area (Å²) in [5, 5.41) is 12.3. The number of rotatable bonds is 6. The molecular formula is C17H22N2O3S. The zero-order chi connectivity index (χ0) is 17.0. The molecule has 5 nitrogen and oxygen atoms in total. The number of carbonyl (C=O) groups excluding carboxylic acids is 1. The lowest BCUT2D eigenvalue weighted by molar-refractivity contribution is -0.133. The largest absolute Gasteiger partial charge is 0.481 e. The number of hydrogen-bond acceptors (Lipinski definition) is 3. The Morgan fingerprint density at radius 2 is 2.00 bits per heavy atom. The Morgan fingerprint density at radius 3 is 2.65 bits per heavy atom. The molecule has 2 aromatic rings. The van der Waals surface area contributed by atoms with E-state index >= 15 is 0 Å². The van der Waals surface area contributed by atoms with Gasteiger partial charge in [0.15, 0.2) is 0 Å². The summed E-state index contributed by atoms with van der Waals surface area (Å²) < 4.78 is 0. The van der Waals surface area contributed by atoms with Crippen LogP contribution in [0.25, 0.3) is 10.9 Å². The molecule has 124 valence electrons. The van der Waals surface area contributed by atoms with Gasteiger partial charge in [0, 0.05) is 23.2 Å². The number of aromatic amines is 1. The maximum atomic E-state index is 12.1. The summed E-state index contributed by atoms with van der Waals surface area (Å²) >= 11 is 1.28. The first-order valence-corrected chi connectivity index (χ1v) is 8.64. The van der Waals surface area contributed by atoms with Gasteiger partial charge in [-0.2, -0.15) is 0 Å². The van der Waals surface area contributed by atoms with Crippen LogP contribution in [0, 0.1) is 0 Å². The van der Waals surface area contributed by atoms with Crippen LogP contribution in [0.5, 0.6) is 0 Å². The van der Waals surface area contributed by atoms with Gasteiger partial charge in [-0.05, 0) is 23.1 Å². The van der Waals surface area contributed by atoms with Crippen molar-refractivity contribution in [3.05, 3.63) is 35.5 Å². The summed E-state index contributed by atoms with van der Waals surface area (Å²) in [6.07, 6.45) is 0. The van der Waals surface area contributed by atoms with Gasteiger partial charge in [-0.3, -0.25) is 9.59 Å². The topological polar surface area (TPSA) is 82.2 Å². The van der Waals surface area contributed by atoms with Crippen molar-refractivity contribution in [3.63, 3.8) is 0 Å². The maximum Gasteiger partial charge on any atom is 0.313 e. The van der Waals surface area contributed by atoms with Gasteiger partial charge in [0.2, 0.25) is 0 Å². The van der Waals surface area contributed by atoms with E-state index in [0.717, 1.165) is 10.9 Å². The van der Waals surface area contributed by atoms with E-state index in [1.54, 1.807) is 0 Å². The Balaban J connectivity index is 2.00. The fourth-order valence-electron chi connectivity index (χ4n) is 2.21. The van der Waals surface area contributed by atoms with Crippen LogP contribution < -0.4 is 5.32 Å². The Morgan fingerprint density at radius 1 is 1.26 bits per heavy atom. The van der Waals surface area contributed by atoms with E-state index in [2.05, 4.69) is 43.2 Å². The highest BCUT2D eigenvalue weighted by Gasteiger charge is 2.15. The van der Waals surface area contributed by atoms with E-state index < -0.39 is 5.97 Å². The smallest absolute Gasteiger partial charge is 0.313 e. The van der Waals surface area contributed by atoms with E-state index in [1.165, 1.54) is 17.3 Å². The van der Waals surface area contributed by atoms with Gasteiger partial charge in [0.05, 0.1) is 5.75 Å². The number of carbonyl (C=O) groups is 2. The average molecular weight is 334 g/mol. The summed E-state index contributed by atoms with van der Waals surface area (Å²) in [5.41, 5.74) is 2.74. The number of hydrogen-bond donors (Lipinski definition) is 3. The third-order valence-electron chi connectivity index (χ3n) is 3.49. The number of H-pyrrole nitrogens is 1. The van der Waals surface area contributed by atoms with Crippen molar-refractivity contribution in [1.82, 2.24) is 10.3 Å². The lowest BCUT2D eigenvalue weighted by Crippen LogP contribution is -2.26. The normalized spacial score (nSPS) is 11.6. The van der Waals surface area contributed by atoms with E-state index in [-0.39, 0.29) is 17.1 Å². The number of aromatic nitrogens is 1. The van der Waals surface area contributed by atoms with Gasteiger partial charge in [-0.25, -0.2) is 0 Å². The molecule has 0 saturated carbocycles. The second-order valence-electron chi connectivity index (χ2n) is 6.44. The molecule has 0 unspecified atom stereocenters. The molecule has 0 radical (unpaired) electrons. The molecule has 2 rings (SSSR count). The minimum Gasteiger partial charge on any atom is -0.481 e. The van der Waals surface area contributed by atoms with Crippen molar-refractivity contribution < 1.29 is 14.7 Å². The van der Waals surface area contributed by atoms with Crippen molar-refractivity contribution in [3.8, 4) is 0 Å². The van der Waals surface area contributed by atoms with Crippen molar-refractivity contribution in [1.29, 1.82) is 0 Å². The molecule has 0 saturated heterocycles. The molecule has 1 aromatic carbocycles. The van der Waals surface area contributed by atoms with E-state index in [9.17, 15) is 9.59 Å². The van der Waals surface area contributed by atoms with Crippen molar-refractivity contribution in [2.75, 3.05) is 18.1 Å². The van der Waals surface area contributed by atoms with Crippen LogP contribution in [-0.2, 0) is 10.2 Å². The number of nitrogens with one attached hydrogen (secondary N) is 2. The van der Waals surface area contributed by atoms with E-state index in [0.29, 0.717) is 18.0 Å². The third kappa shape index (κ3) is 4.76. The van der Waals surface area contributed by atoms with Crippen LogP contribution in [0.15, 0.2) is 24.3 Å². The van der Waals surface area contributed by atoms with Gasteiger partial charge >= 0.3 is 5.97 Å². The van der Waals surface area contributed by atoms with E-state index in [4.69, 9.17) is 5.11 Å². The molecule has 6 heteroatoms. The first kappa shape index (κ1) is 17.4. The molecule has 0 fully saturated rings. The molecule has 0 aliphatic heterocycles. The zero-order valence-corrected chi connectivity index (χ0v) is 14.4. The van der Waals surface area contributed by atoms with Crippen LogP contribution in [0.4, 0.5) is 0 Å². The fraction of sp³-hybridized carbons (Fsp3) is 0.412. The fourth-order valence-corrected chi connectivity index (χ4v) is 2.77. The van der Waals surface area contributed by atoms with Crippen molar-refractivity contribution in [2.24, 2.45) is 0 Å². The summed E-state index contributed by atoms with van der Waals surface area (Å²) in [6, 6.07) is 8.02. The minimum atomic E-state index is -0.841. The highest BCUT2D eigenvalue weighted by atomic mass is 32.2. The van der Waals surface area contributed by atoms with E-state index in [1.807, 2.05) is 12.1 Å². The van der Waals surface area contributed by atoms with Crippen molar-refractivity contribution in [2.45, 2.75) is 26.2 Å². The molecule has 1 amide bonds. The first-order valence-electron chi connectivity index (χ1n) is 7.48. The third-order valence-corrected chi connectivity index (χ3v) is 4.43. The molecule has 23 heavy (non-hydrogen) atoms. The second kappa shape index (κ2) is 7.08. The molecule has 3 N–H and O–H groups in total. The molecular weight excluding hydrogens is 312 g/mol. The van der Waals surface area contributed by atoms with Crippen molar-refractivity contribution >= 4 is 34.5 Å². The Hall–Kier alpha value is -1.95. The highest BCUT2D eigenvalue weighted by Crippen LogP contribution is 2.26. The standard InChI is InChI=1S/C17H22N2O3S/c1-17(2,3)12-5-4-11-8-14(19-13(11)9-12)16(22)18-6-7-23-10-15(20)21/h4-5,8-9,19H,6-7,10H2,1-3H3,(H,18,22)(H,20,21). The summed E-state index contributed by atoms with van der Waals surface area (Å²) in [7, 11) is 0. The van der Waals surface area contributed by atoms with Crippen LogP contribution in [0.2, 0.25) is 0 Å². The number of thioether (sulfide) groups is 1. The van der Waals surface area contributed by atoms with Gasteiger partial charge in [-0.15, -0.1) is 11.8 Å². The summed E-state index contributed by atoms with van der Waals surface area (Å²) in [6.45, 7) is 6.90. The number of carboxylic acid groups (broad SMARTS) is 1. The molecule has 0 spiro atoms. The number of amides is 1. The average Bonchev–Trinajstić information content (AvgIpc) is 2.88. The molecule has 1 aromatic heterocycles. The number of carboxylic acids is 1. The lowest BCUT2D eigenvalue weighted by atomic mass is 9.87. The Kier molecular flexibility index (Phi) is 5.36. The second-order valence-corrected chi connectivity index (χ2v) is 7.54. The van der Waals surface area contributed by atoms with Gasteiger partial charge in [0.25, 0.3) is 5.91 Å². The molecule has 1 heterocycles. The highest BCUT2D eigenvalue weighted by molar-refractivity contribution is 7.99. The molecule has 0 aliphatic carbocycles. The predicted octanol–water partition coefficient (Wildman–Crippen LogP) is 3.01. The SMILES string of the molecule is CC(C)(C)c1ccc2cc(C(=O)NCCSCC(=O)O)[nH]c2c1. The quantitative estimate of drug-likeness (QED) is 0.709. The van der Waals surface area contributed by atoms with Crippen LogP contribution in [0.3, 0.4) is 0 Å². The number of fused-ring (bicyclic) bond motifs is 1. The van der Waals surface area contributed by atoms with Crippen LogP contribution in [0.1, 0.15) is 36.8 Å². The minimum absolute atomic E-state index is 0.0534. The van der Waals surface area contributed by atoms with Gasteiger partial charge in [-0.1, -0.05) is 32.9 Å². The Bertz CT molecular complexity index is 716. The molecule has 0 aliphatic rings. The number of benzene rings is 1. The molecule has 0 bridgehead atoms. The lowest BCUT2D eigenvalue weighted by Gasteiger charge is -2.18. The first-order chi connectivity index (χ1) is 10.8. The van der Waals surface area contributed by atoms with Gasteiger partial charge in [0.1, 0.15) is 5.69 Å². The summed E-state index contributed by atoms with van der Waals surface area (Å²) in [4.78, 5) is 25.7. The predicted molar refractivity (Wildman–Crippen MR) is 94.3 cm³/mol. The number of aliphatic carboxylic acids is 1. The van der Waals surface area contributed by atoms with Crippen LogP contribution >= 0.6 is 11.8 Å². The van der Waals surface area contributed by atoms with Gasteiger partial charge < -0.3 is 15.4 Å². The Labute approximate surface area is 139 Å². The maximum absolute atomic E-state index is 12.1. The monoisotopic (exact) mass is 334 g/mol.